The number of rotatable bonds is 3. The van der Waals surface area contributed by atoms with Gasteiger partial charge in [0.1, 0.15) is 5.82 Å². The molecule has 2 heterocycles. The Morgan fingerprint density at radius 1 is 1.47 bits per heavy atom. The molecule has 0 aliphatic rings. The fraction of sp³-hybridized carbons (Fsp3) is 0.400. The van der Waals surface area contributed by atoms with E-state index in [-0.39, 0.29) is 0 Å². The molecule has 0 spiro atoms. The van der Waals surface area contributed by atoms with E-state index in [4.69, 9.17) is 5.73 Å². The van der Waals surface area contributed by atoms with E-state index in [9.17, 15) is 0 Å². The Morgan fingerprint density at radius 3 is 3.00 bits per heavy atom. The molecule has 4 nitrogen and oxygen atoms in total. The van der Waals surface area contributed by atoms with Gasteiger partial charge in [-0.25, -0.2) is 0 Å². The van der Waals surface area contributed by atoms with Crippen molar-refractivity contribution in [3.05, 3.63) is 28.6 Å². The summed E-state index contributed by atoms with van der Waals surface area (Å²) >= 11 is 3.43. The van der Waals surface area contributed by atoms with E-state index in [1.54, 1.807) is 0 Å². The van der Waals surface area contributed by atoms with E-state index in [1.807, 2.05) is 22.7 Å². The molecule has 0 fully saturated rings. The summed E-state index contributed by atoms with van der Waals surface area (Å²) in [6.45, 7) is 2.78. The highest BCUT2D eigenvalue weighted by atomic mass is 79.9. The Morgan fingerprint density at radius 2 is 2.27 bits per heavy atom. The summed E-state index contributed by atoms with van der Waals surface area (Å²) in [4.78, 5) is 0. The second-order valence-corrected chi connectivity index (χ2v) is 4.65. The first-order chi connectivity index (χ1) is 7.20. The van der Waals surface area contributed by atoms with Crippen molar-refractivity contribution in [1.82, 2.24) is 14.6 Å². The van der Waals surface area contributed by atoms with E-state index >= 15 is 0 Å². The molecule has 2 N–H and O–H groups in total. The van der Waals surface area contributed by atoms with Crippen LogP contribution in [0.25, 0.3) is 5.65 Å². The van der Waals surface area contributed by atoms with Gasteiger partial charge in [0.15, 0.2) is 5.65 Å². The second-order valence-electron chi connectivity index (χ2n) is 3.74. The number of aromatic nitrogens is 3. The van der Waals surface area contributed by atoms with Gasteiger partial charge >= 0.3 is 0 Å². The van der Waals surface area contributed by atoms with Gasteiger partial charge in [-0.3, -0.25) is 4.40 Å². The smallest absolute Gasteiger partial charge is 0.160 e. The highest BCUT2D eigenvalue weighted by Crippen LogP contribution is 2.13. The van der Waals surface area contributed by atoms with Crippen molar-refractivity contribution in [2.45, 2.75) is 13.3 Å². The van der Waals surface area contributed by atoms with Crippen molar-refractivity contribution < 1.29 is 0 Å². The second kappa shape index (κ2) is 4.28. The minimum absolute atomic E-state index is 0.427. The lowest BCUT2D eigenvalue weighted by Gasteiger charge is -2.06. The summed E-state index contributed by atoms with van der Waals surface area (Å²) < 4.78 is 3.02. The normalized spacial score (nSPS) is 13.3. The van der Waals surface area contributed by atoms with Crippen LogP contribution in [-0.4, -0.2) is 21.1 Å². The monoisotopic (exact) mass is 268 g/mol. The molecule has 2 rings (SSSR count). The zero-order valence-electron chi connectivity index (χ0n) is 8.52. The number of nitrogens with zero attached hydrogens (tertiary/aromatic N) is 3. The average Bonchev–Trinajstić information content (AvgIpc) is 2.61. The summed E-state index contributed by atoms with van der Waals surface area (Å²) in [6, 6.07) is 3.90. The Hall–Kier alpha value is -0.940. The number of hydrogen-bond donors (Lipinski definition) is 1. The van der Waals surface area contributed by atoms with Gasteiger partial charge in [-0.2, -0.15) is 0 Å². The lowest BCUT2D eigenvalue weighted by atomic mass is 10.1. The minimum Gasteiger partial charge on any atom is -0.330 e. The van der Waals surface area contributed by atoms with Crippen molar-refractivity contribution >= 4 is 21.6 Å². The minimum atomic E-state index is 0.427. The van der Waals surface area contributed by atoms with Crippen LogP contribution < -0.4 is 5.73 Å². The maximum atomic E-state index is 5.60. The van der Waals surface area contributed by atoms with Crippen LogP contribution in [0.1, 0.15) is 12.7 Å². The van der Waals surface area contributed by atoms with Crippen LogP contribution in [0.4, 0.5) is 0 Å². The molecule has 0 aromatic carbocycles. The van der Waals surface area contributed by atoms with Gasteiger partial charge in [-0.15, -0.1) is 10.2 Å². The first kappa shape index (κ1) is 10.6. The van der Waals surface area contributed by atoms with Crippen LogP contribution in [0.2, 0.25) is 0 Å². The zero-order chi connectivity index (χ0) is 10.8. The highest BCUT2D eigenvalue weighted by molar-refractivity contribution is 9.10. The lowest BCUT2D eigenvalue weighted by Crippen LogP contribution is -2.14. The molecule has 2 aromatic heterocycles. The molecule has 0 bridgehead atoms. The number of hydrogen-bond acceptors (Lipinski definition) is 3. The summed E-state index contributed by atoms with van der Waals surface area (Å²) in [5.74, 6) is 1.39. The maximum absolute atomic E-state index is 5.60. The summed E-state index contributed by atoms with van der Waals surface area (Å²) in [5.41, 5.74) is 6.47. The van der Waals surface area contributed by atoms with Crippen molar-refractivity contribution in [1.29, 1.82) is 0 Å². The Bertz CT molecular complexity index is 465. The molecule has 0 amide bonds. The molecule has 2 aromatic rings. The molecule has 0 saturated heterocycles. The first-order valence-corrected chi connectivity index (χ1v) is 5.69. The predicted octanol–water partition coefficient (Wildman–Crippen LogP) is 1.63. The van der Waals surface area contributed by atoms with Crippen LogP contribution in [0.5, 0.6) is 0 Å². The van der Waals surface area contributed by atoms with Crippen molar-refractivity contribution in [3.63, 3.8) is 0 Å². The van der Waals surface area contributed by atoms with E-state index in [0.29, 0.717) is 12.5 Å². The number of nitrogens with two attached hydrogens (primary N) is 1. The molecular formula is C10H13BrN4. The SMILES string of the molecule is CC(CN)Cc1nnc2ccc(Br)cn12. The Labute approximate surface area is 96.6 Å². The van der Waals surface area contributed by atoms with Gasteiger partial charge in [0.2, 0.25) is 0 Å². The third-order valence-electron chi connectivity index (χ3n) is 2.37. The van der Waals surface area contributed by atoms with Gasteiger partial charge in [0.25, 0.3) is 0 Å². The fourth-order valence-corrected chi connectivity index (χ4v) is 1.78. The Balaban J connectivity index is 2.39. The zero-order valence-corrected chi connectivity index (χ0v) is 10.1. The molecule has 80 valence electrons. The fourth-order valence-electron chi connectivity index (χ4n) is 1.45. The van der Waals surface area contributed by atoms with Gasteiger partial charge in [-0.1, -0.05) is 6.92 Å². The van der Waals surface area contributed by atoms with Gasteiger partial charge in [0, 0.05) is 17.1 Å². The van der Waals surface area contributed by atoms with Crippen molar-refractivity contribution in [3.8, 4) is 0 Å². The standard InChI is InChI=1S/C10H13BrN4/c1-7(5-12)4-10-14-13-9-3-2-8(11)6-15(9)10/h2-3,6-7H,4-5,12H2,1H3. The molecular weight excluding hydrogens is 256 g/mol. The molecule has 1 atom stereocenters. The third-order valence-corrected chi connectivity index (χ3v) is 2.84. The molecule has 0 aliphatic carbocycles. The first-order valence-electron chi connectivity index (χ1n) is 4.90. The van der Waals surface area contributed by atoms with E-state index in [1.165, 1.54) is 0 Å². The Kier molecular flexibility index (Phi) is 3.02. The van der Waals surface area contributed by atoms with Crippen molar-refractivity contribution in [2.75, 3.05) is 6.54 Å². The number of pyridine rings is 1. The van der Waals surface area contributed by atoms with Crippen LogP contribution in [0.15, 0.2) is 22.8 Å². The van der Waals surface area contributed by atoms with E-state index in [0.717, 1.165) is 22.4 Å². The molecule has 15 heavy (non-hydrogen) atoms. The third kappa shape index (κ3) is 2.18. The molecule has 1 unspecified atom stereocenters. The van der Waals surface area contributed by atoms with Crippen LogP contribution in [-0.2, 0) is 6.42 Å². The van der Waals surface area contributed by atoms with Crippen LogP contribution >= 0.6 is 15.9 Å². The molecule has 0 radical (unpaired) electrons. The maximum Gasteiger partial charge on any atom is 0.160 e. The number of fused-ring (bicyclic) bond motifs is 1. The van der Waals surface area contributed by atoms with E-state index < -0.39 is 0 Å². The summed E-state index contributed by atoms with van der Waals surface area (Å²) in [7, 11) is 0. The summed E-state index contributed by atoms with van der Waals surface area (Å²) in [6.07, 6.45) is 2.84. The highest BCUT2D eigenvalue weighted by Gasteiger charge is 2.08. The van der Waals surface area contributed by atoms with Gasteiger partial charge in [-0.05, 0) is 40.5 Å². The topological polar surface area (TPSA) is 56.2 Å². The lowest BCUT2D eigenvalue weighted by molar-refractivity contribution is 0.570. The number of halogens is 1. The van der Waals surface area contributed by atoms with Crippen molar-refractivity contribution in [2.24, 2.45) is 11.7 Å². The summed E-state index contributed by atoms with van der Waals surface area (Å²) in [5, 5.41) is 8.26. The largest absolute Gasteiger partial charge is 0.330 e. The van der Waals surface area contributed by atoms with Crippen LogP contribution in [0.3, 0.4) is 0 Å². The molecule has 0 aliphatic heterocycles. The van der Waals surface area contributed by atoms with Crippen LogP contribution in [0, 0.1) is 5.92 Å². The van der Waals surface area contributed by atoms with Gasteiger partial charge in [0.05, 0.1) is 0 Å². The molecule has 5 heteroatoms. The quantitative estimate of drug-likeness (QED) is 0.921. The molecule has 0 saturated carbocycles. The predicted molar refractivity (Wildman–Crippen MR) is 62.6 cm³/mol. The van der Waals surface area contributed by atoms with E-state index in [2.05, 4.69) is 33.1 Å². The average molecular weight is 269 g/mol. The van der Waals surface area contributed by atoms with Gasteiger partial charge < -0.3 is 5.73 Å².